The Morgan fingerprint density at radius 2 is 1.94 bits per heavy atom. The van der Waals surface area contributed by atoms with E-state index in [1.165, 1.54) is 21.6 Å². The van der Waals surface area contributed by atoms with Crippen molar-refractivity contribution in [3.63, 3.8) is 0 Å². The molecule has 0 bridgehead atoms. The fourth-order valence-corrected chi connectivity index (χ4v) is 5.59. The van der Waals surface area contributed by atoms with Crippen molar-refractivity contribution in [3.05, 3.63) is 72.2 Å². The van der Waals surface area contributed by atoms with E-state index < -0.39 is 6.04 Å². The lowest BCUT2D eigenvalue weighted by molar-refractivity contribution is -0.140. The van der Waals surface area contributed by atoms with Crippen LogP contribution in [0.4, 0.5) is 5.69 Å². The first kappa shape index (κ1) is 21.7. The zero-order valence-corrected chi connectivity index (χ0v) is 20.0. The number of imide groups is 1. The van der Waals surface area contributed by atoms with Crippen molar-refractivity contribution in [1.29, 1.82) is 0 Å². The van der Waals surface area contributed by atoms with Gasteiger partial charge >= 0.3 is 0 Å². The number of thiazole rings is 1. The Kier molecular flexibility index (Phi) is 5.25. The van der Waals surface area contributed by atoms with Gasteiger partial charge in [-0.05, 0) is 73.9 Å². The van der Waals surface area contributed by atoms with E-state index in [-0.39, 0.29) is 36.6 Å². The molecule has 2 aromatic carbocycles. The molecular formula is C27H23N3O4S. The number of rotatable bonds is 6. The number of furan rings is 1. The lowest BCUT2D eigenvalue weighted by Crippen LogP contribution is -2.45. The largest absolute Gasteiger partial charge is 0.467 e. The van der Waals surface area contributed by atoms with Gasteiger partial charge in [-0.1, -0.05) is 6.07 Å². The van der Waals surface area contributed by atoms with Gasteiger partial charge in [0.15, 0.2) is 0 Å². The highest BCUT2D eigenvalue weighted by molar-refractivity contribution is 7.21. The van der Waals surface area contributed by atoms with Gasteiger partial charge in [-0.2, -0.15) is 0 Å². The molecule has 2 aliphatic rings. The minimum atomic E-state index is -0.826. The van der Waals surface area contributed by atoms with Crippen LogP contribution in [0.2, 0.25) is 0 Å². The summed E-state index contributed by atoms with van der Waals surface area (Å²) < 4.78 is 6.54. The number of fused-ring (bicyclic) bond motifs is 1. The van der Waals surface area contributed by atoms with Crippen LogP contribution in [-0.2, 0) is 20.9 Å². The SMILES string of the molecule is Cc1ccc2nc(-c3ccc(N4C(=O)CC(N(Cc5ccco5)C(=O)C5CC5)C4=O)cc3)sc2c1. The second-order valence-corrected chi connectivity index (χ2v) is 10.2. The zero-order valence-electron chi connectivity index (χ0n) is 19.1. The van der Waals surface area contributed by atoms with Crippen molar-refractivity contribution in [3.8, 4) is 10.6 Å². The van der Waals surface area contributed by atoms with E-state index >= 15 is 0 Å². The second-order valence-electron chi connectivity index (χ2n) is 9.14. The second kappa shape index (κ2) is 8.46. The number of benzene rings is 2. The molecule has 1 aliphatic carbocycles. The van der Waals surface area contributed by atoms with Crippen LogP contribution in [0.25, 0.3) is 20.8 Å². The first-order chi connectivity index (χ1) is 17.0. The van der Waals surface area contributed by atoms with Gasteiger partial charge in [0.05, 0.1) is 35.1 Å². The van der Waals surface area contributed by atoms with E-state index in [9.17, 15) is 14.4 Å². The molecule has 176 valence electrons. The fourth-order valence-electron chi connectivity index (χ4n) is 4.52. The number of carbonyl (C=O) groups is 3. The van der Waals surface area contributed by atoms with Crippen LogP contribution in [0, 0.1) is 12.8 Å². The van der Waals surface area contributed by atoms with Crippen LogP contribution in [0.15, 0.2) is 65.3 Å². The third kappa shape index (κ3) is 4.04. The molecule has 2 fully saturated rings. The Balaban J connectivity index is 1.25. The van der Waals surface area contributed by atoms with Gasteiger partial charge in [-0.15, -0.1) is 11.3 Å². The monoisotopic (exact) mass is 485 g/mol. The molecule has 4 aromatic rings. The van der Waals surface area contributed by atoms with Crippen molar-refractivity contribution in [2.24, 2.45) is 5.92 Å². The summed E-state index contributed by atoms with van der Waals surface area (Å²) in [5.74, 6) is -0.252. The van der Waals surface area contributed by atoms with Gasteiger partial charge < -0.3 is 9.32 Å². The summed E-state index contributed by atoms with van der Waals surface area (Å²) in [7, 11) is 0. The molecule has 0 radical (unpaired) electrons. The van der Waals surface area contributed by atoms with Gasteiger partial charge in [0.2, 0.25) is 11.8 Å². The topological polar surface area (TPSA) is 83.7 Å². The molecule has 3 heterocycles. The van der Waals surface area contributed by atoms with E-state index in [0.717, 1.165) is 33.6 Å². The van der Waals surface area contributed by atoms with Crippen LogP contribution >= 0.6 is 11.3 Å². The average Bonchev–Trinajstić information content (AvgIpc) is 3.28. The summed E-state index contributed by atoms with van der Waals surface area (Å²) in [5.41, 5.74) is 3.56. The van der Waals surface area contributed by atoms with E-state index in [1.807, 2.05) is 24.3 Å². The first-order valence-electron chi connectivity index (χ1n) is 11.7. The highest BCUT2D eigenvalue weighted by atomic mass is 32.1. The maximum atomic E-state index is 13.4. The molecule has 3 amide bonds. The van der Waals surface area contributed by atoms with E-state index in [4.69, 9.17) is 9.40 Å². The van der Waals surface area contributed by atoms with Gasteiger partial charge in [-0.25, -0.2) is 9.88 Å². The van der Waals surface area contributed by atoms with Crippen molar-refractivity contribution < 1.29 is 18.8 Å². The predicted molar refractivity (Wildman–Crippen MR) is 133 cm³/mol. The Bertz CT molecular complexity index is 1440. The van der Waals surface area contributed by atoms with Crippen molar-refractivity contribution in [2.75, 3.05) is 4.90 Å². The lowest BCUT2D eigenvalue weighted by Gasteiger charge is -2.27. The maximum absolute atomic E-state index is 13.4. The van der Waals surface area contributed by atoms with Crippen molar-refractivity contribution in [1.82, 2.24) is 9.88 Å². The molecule has 1 saturated heterocycles. The molecule has 8 heteroatoms. The summed E-state index contributed by atoms with van der Waals surface area (Å²) >= 11 is 1.61. The highest BCUT2D eigenvalue weighted by Gasteiger charge is 2.47. The third-order valence-electron chi connectivity index (χ3n) is 6.53. The first-order valence-corrected chi connectivity index (χ1v) is 12.5. The van der Waals surface area contributed by atoms with Crippen LogP contribution < -0.4 is 4.90 Å². The highest BCUT2D eigenvalue weighted by Crippen LogP contribution is 2.36. The van der Waals surface area contributed by atoms with Gasteiger partial charge in [0.1, 0.15) is 16.8 Å². The number of anilines is 1. The smallest absolute Gasteiger partial charge is 0.257 e. The number of hydrogen-bond donors (Lipinski definition) is 0. The fraction of sp³-hybridized carbons (Fsp3) is 0.259. The Morgan fingerprint density at radius 3 is 2.66 bits per heavy atom. The summed E-state index contributed by atoms with van der Waals surface area (Å²) in [5, 5.41) is 0.883. The number of nitrogens with zero attached hydrogens (tertiary/aromatic N) is 3. The number of aryl methyl sites for hydroxylation is 1. The molecule has 0 N–H and O–H groups in total. The molecule has 35 heavy (non-hydrogen) atoms. The lowest BCUT2D eigenvalue weighted by atomic mass is 10.1. The molecule has 2 aromatic heterocycles. The standard InChI is InChI=1S/C27H23N3O4S/c1-16-4-11-21-23(13-16)35-25(28-21)17-7-9-19(10-8-17)30-24(31)14-22(27(30)33)29(26(32)18-5-6-18)15-20-3-2-12-34-20/h2-4,7-13,18,22H,5-6,14-15H2,1H3. The minimum absolute atomic E-state index is 0.0308. The number of hydrogen-bond acceptors (Lipinski definition) is 6. The van der Waals surface area contributed by atoms with Crippen LogP contribution in [0.1, 0.15) is 30.6 Å². The number of aromatic nitrogens is 1. The summed E-state index contributed by atoms with van der Waals surface area (Å²) in [4.78, 5) is 46.8. The quantitative estimate of drug-likeness (QED) is 0.362. The molecule has 7 nitrogen and oxygen atoms in total. The van der Waals surface area contributed by atoms with Crippen LogP contribution in [0.5, 0.6) is 0 Å². The molecular weight excluding hydrogens is 462 g/mol. The molecule has 0 spiro atoms. The molecule has 1 unspecified atom stereocenters. The zero-order chi connectivity index (χ0) is 24.1. The van der Waals surface area contributed by atoms with E-state index in [0.29, 0.717) is 11.4 Å². The predicted octanol–water partition coefficient (Wildman–Crippen LogP) is 4.94. The van der Waals surface area contributed by atoms with E-state index in [1.54, 1.807) is 35.6 Å². The summed E-state index contributed by atoms with van der Waals surface area (Å²) in [6.07, 6.45) is 3.14. The maximum Gasteiger partial charge on any atom is 0.257 e. The van der Waals surface area contributed by atoms with Crippen LogP contribution in [-0.4, -0.2) is 33.6 Å². The van der Waals surface area contributed by atoms with E-state index in [2.05, 4.69) is 13.0 Å². The molecule has 1 aliphatic heterocycles. The van der Waals surface area contributed by atoms with Crippen LogP contribution in [0.3, 0.4) is 0 Å². The van der Waals surface area contributed by atoms with Crippen molar-refractivity contribution in [2.45, 2.75) is 38.8 Å². The van der Waals surface area contributed by atoms with Gasteiger partial charge in [0, 0.05) is 11.5 Å². The summed E-state index contributed by atoms with van der Waals surface area (Å²) in [6.45, 7) is 2.23. The molecule has 1 atom stereocenters. The van der Waals surface area contributed by atoms with Gasteiger partial charge in [-0.3, -0.25) is 14.4 Å². The van der Waals surface area contributed by atoms with Crippen molar-refractivity contribution >= 4 is 45.0 Å². The van der Waals surface area contributed by atoms with Gasteiger partial charge in [0.25, 0.3) is 5.91 Å². The summed E-state index contributed by atoms with van der Waals surface area (Å²) in [6, 6.07) is 16.2. The Morgan fingerprint density at radius 1 is 1.14 bits per heavy atom. The molecule has 1 saturated carbocycles. The molecule has 6 rings (SSSR count). The third-order valence-corrected chi connectivity index (χ3v) is 7.60. The Labute approximate surface area is 206 Å². The number of amides is 3. The minimum Gasteiger partial charge on any atom is -0.467 e. The Hall–Kier alpha value is -3.78. The number of carbonyl (C=O) groups excluding carboxylic acids is 3. The average molecular weight is 486 g/mol. The normalized spacial score (nSPS) is 18.0.